The Labute approximate surface area is 152 Å². The van der Waals surface area contributed by atoms with Crippen LogP contribution >= 0.6 is 0 Å². The largest absolute Gasteiger partial charge is 0.418 e. The summed E-state index contributed by atoms with van der Waals surface area (Å²) in [6.45, 7) is 0.858. The molecule has 3 unspecified atom stereocenters. The zero-order valence-electron chi connectivity index (χ0n) is 13.8. The van der Waals surface area contributed by atoms with Crippen molar-refractivity contribution in [1.29, 1.82) is 0 Å². The number of amides is 3. The van der Waals surface area contributed by atoms with E-state index in [1.807, 2.05) is 5.48 Å². The Morgan fingerprint density at radius 2 is 2.22 bits per heavy atom. The van der Waals surface area contributed by atoms with Gasteiger partial charge in [0, 0.05) is 13.0 Å². The number of halogens is 2. The summed E-state index contributed by atoms with van der Waals surface area (Å²) in [6, 6.07) is -5.03. The first-order chi connectivity index (χ1) is 12.6. The number of fused-ring (bicyclic) bond motifs is 2. The number of piperidine rings is 1. The van der Waals surface area contributed by atoms with Crippen LogP contribution in [-0.2, 0) is 29.1 Å². The third kappa shape index (κ3) is 4.44. The number of hydrogen-bond donors (Lipinski definition) is 3. The molecule has 0 aliphatic carbocycles. The topological polar surface area (TPSA) is 147 Å². The van der Waals surface area contributed by atoms with Crippen molar-refractivity contribution in [3.63, 3.8) is 0 Å². The van der Waals surface area contributed by atoms with E-state index in [2.05, 4.69) is 9.60 Å². The Balaban J connectivity index is 1.62. The van der Waals surface area contributed by atoms with Crippen LogP contribution in [0.25, 0.3) is 0 Å². The number of morpholine rings is 1. The zero-order chi connectivity index (χ0) is 19.8. The second-order valence-electron chi connectivity index (χ2n) is 6.26. The highest BCUT2D eigenvalue weighted by Crippen LogP contribution is 2.40. The van der Waals surface area contributed by atoms with E-state index >= 15 is 0 Å². The molecule has 3 aliphatic heterocycles. The van der Waals surface area contributed by atoms with Crippen molar-refractivity contribution in [3.8, 4) is 0 Å². The number of rotatable bonds is 6. The van der Waals surface area contributed by atoms with E-state index in [1.54, 1.807) is 0 Å². The number of hydrogen-bond acceptors (Lipinski definition) is 8. The van der Waals surface area contributed by atoms with E-state index in [4.69, 9.17) is 14.1 Å². The molecule has 3 amide bonds. The number of urea groups is 1. The molecule has 0 spiro atoms. The second-order valence-corrected chi connectivity index (χ2v) is 7.27. The van der Waals surface area contributed by atoms with Crippen molar-refractivity contribution in [3.05, 3.63) is 0 Å². The van der Waals surface area contributed by atoms with Gasteiger partial charge in [0.25, 0.3) is 11.8 Å². The highest BCUT2D eigenvalue weighted by atomic mass is 32.3. The van der Waals surface area contributed by atoms with E-state index in [1.165, 1.54) is 0 Å². The van der Waals surface area contributed by atoms with Crippen LogP contribution in [0.15, 0.2) is 0 Å². The van der Waals surface area contributed by atoms with E-state index in [9.17, 15) is 26.8 Å². The van der Waals surface area contributed by atoms with Crippen LogP contribution in [0, 0.1) is 0 Å². The summed E-state index contributed by atoms with van der Waals surface area (Å²) in [5.74, 6) is -4.62. The number of ether oxygens (including phenoxy) is 1. The molecule has 12 nitrogen and oxygen atoms in total. The summed E-state index contributed by atoms with van der Waals surface area (Å²) in [4.78, 5) is 30.1. The van der Waals surface area contributed by atoms with Crippen LogP contribution in [0.5, 0.6) is 0 Å². The number of nitrogens with one attached hydrogen (secondary N) is 2. The van der Waals surface area contributed by atoms with Gasteiger partial charge in [-0.15, -0.1) is 4.28 Å². The molecule has 0 aromatic carbocycles. The monoisotopic (exact) mass is 416 g/mol. The Morgan fingerprint density at radius 1 is 1.48 bits per heavy atom. The van der Waals surface area contributed by atoms with E-state index in [-0.39, 0.29) is 17.7 Å². The molecule has 3 saturated heterocycles. The quantitative estimate of drug-likeness (QED) is 0.339. The fraction of sp³-hybridized carbons (Fsp3) is 0.833. The first-order valence-corrected chi connectivity index (χ1v) is 9.32. The summed E-state index contributed by atoms with van der Waals surface area (Å²) in [6.07, 6.45) is -1.06. The third-order valence-corrected chi connectivity index (χ3v) is 4.70. The fourth-order valence-electron chi connectivity index (χ4n) is 3.10. The van der Waals surface area contributed by atoms with Gasteiger partial charge >= 0.3 is 16.4 Å². The third-order valence-electron chi connectivity index (χ3n) is 4.35. The van der Waals surface area contributed by atoms with Crippen LogP contribution in [-0.4, -0.2) is 91.8 Å². The van der Waals surface area contributed by atoms with Crippen molar-refractivity contribution < 1.29 is 45.2 Å². The van der Waals surface area contributed by atoms with Crippen LogP contribution < -0.4 is 10.8 Å². The van der Waals surface area contributed by atoms with Gasteiger partial charge in [0.1, 0.15) is 12.1 Å². The van der Waals surface area contributed by atoms with Crippen LogP contribution in [0.3, 0.4) is 0 Å². The Hall–Kier alpha value is -1.65. The molecule has 154 valence electrons. The highest BCUT2D eigenvalue weighted by Gasteiger charge is 2.62. The van der Waals surface area contributed by atoms with Gasteiger partial charge in [0.2, 0.25) is 0 Å². The molecule has 0 aromatic rings. The van der Waals surface area contributed by atoms with Gasteiger partial charge < -0.3 is 15.0 Å². The maximum absolute atomic E-state index is 14.3. The molecule has 0 aromatic heterocycles. The standard InChI is InChI=1S/C12H18F2N4O8S/c13-12(14)3-8(10(19)16-25-6-7-5-24-2-1-15-7)17-4-9(12)18(11(17)20)26-27(21,22)23/h7-9,15H,1-6H2,(H,16,19)(H,21,22,23). The van der Waals surface area contributed by atoms with Gasteiger partial charge in [-0.05, 0) is 0 Å². The Kier molecular flexibility index (Phi) is 5.51. The van der Waals surface area contributed by atoms with Gasteiger partial charge in [-0.25, -0.2) is 19.1 Å². The minimum absolute atomic E-state index is 0.0173. The zero-order valence-corrected chi connectivity index (χ0v) is 14.7. The minimum Gasteiger partial charge on any atom is -0.378 e. The lowest BCUT2D eigenvalue weighted by Crippen LogP contribution is -2.56. The molecule has 3 rings (SSSR count). The minimum atomic E-state index is -5.19. The molecule has 15 heteroatoms. The SMILES string of the molecule is O=C(NOCC1COCCN1)C1CC(F)(F)C2CN1C(=O)N2OS(=O)(=O)O. The lowest BCUT2D eigenvalue weighted by molar-refractivity contribution is -0.159. The molecule has 3 N–H and O–H groups in total. The summed E-state index contributed by atoms with van der Waals surface area (Å²) in [5, 5.41) is 2.92. The summed E-state index contributed by atoms with van der Waals surface area (Å²) < 4.78 is 68.0. The first-order valence-electron chi connectivity index (χ1n) is 7.96. The molecule has 0 saturated carbocycles. The van der Waals surface area contributed by atoms with Gasteiger partial charge in [0.15, 0.2) is 0 Å². The molecule has 3 fully saturated rings. The van der Waals surface area contributed by atoms with Gasteiger partial charge in [-0.1, -0.05) is 0 Å². The summed E-state index contributed by atoms with van der Waals surface area (Å²) in [5.41, 5.74) is 2.02. The van der Waals surface area contributed by atoms with E-state index < -0.39 is 53.3 Å². The molecule has 27 heavy (non-hydrogen) atoms. The number of hydroxylamine groups is 3. The maximum atomic E-state index is 14.3. The van der Waals surface area contributed by atoms with Gasteiger partial charge in [-0.3, -0.25) is 14.2 Å². The Morgan fingerprint density at radius 3 is 2.85 bits per heavy atom. The van der Waals surface area contributed by atoms with Crippen molar-refractivity contribution >= 4 is 22.3 Å². The van der Waals surface area contributed by atoms with Crippen molar-refractivity contribution in [1.82, 2.24) is 20.8 Å². The highest BCUT2D eigenvalue weighted by molar-refractivity contribution is 7.80. The normalized spacial score (nSPS) is 30.5. The second kappa shape index (κ2) is 7.40. The predicted molar refractivity (Wildman–Crippen MR) is 80.4 cm³/mol. The van der Waals surface area contributed by atoms with E-state index in [0.29, 0.717) is 19.8 Å². The van der Waals surface area contributed by atoms with Crippen LogP contribution in [0.1, 0.15) is 6.42 Å². The van der Waals surface area contributed by atoms with Crippen molar-refractivity contribution in [2.45, 2.75) is 30.5 Å². The average molecular weight is 416 g/mol. The molecule has 3 heterocycles. The number of alkyl halides is 2. The molecular weight excluding hydrogens is 398 g/mol. The van der Waals surface area contributed by atoms with E-state index in [0.717, 1.165) is 4.90 Å². The van der Waals surface area contributed by atoms with Gasteiger partial charge in [0.05, 0.1) is 32.4 Å². The molecular formula is C12H18F2N4O8S. The summed E-state index contributed by atoms with van der Waals surface area (Å²) >= 11 is 0. The molecule has 3 aliphatic rings. The predicted octanol–water partition coefficient (Wildman–Crippen LogP) is -1.73. The number of carbonyl (C=O) groups is 2. The lowest BCUT2D eigenvalue weighted by atomic mass is 9.96. The van der Waals surface area contributed by atoms with Crippen LogP contribution in [0.4, 0.5) is 13.6 Å². The lowest BCUT2D eigenvalue weighted by Gasteiger charge is -2.34. The maximum Gasteiger partial charge on any atom is 0.418 e. The molecule has 0 radical (unpaired) electrons. The molecule has 2 bridgehead atoms. The molecule has 3 atom stereocenters. The number of nitrogens with zero attached hydrogens (tertiary/aromatic N) is 2. The average Bonchev–Trinajstić information content (AvgIpc) is 2.86. The Bertz CT molecular complexity index is 702. The van der Waals surface area contributed by atoms with Gasteiger partial charge in [-0.2, -0.15) is 13.5 Å². The van der Waals surface area contributed by atoms with Crippen molar-refractivity contribution in [2.75, 3.05) is 32.9 Å². The number of carbonyl (C=O) groups excluding carboxylic acids is 2. The van der Waals surface area contributed by atoms with Crippen LogP contribution in [0.2, 0.25) is 0 Å². The first kappa shape index (κ1) is 20.1. The summed E-state index contributed by atoms with van der Waals surface area (Å²) in [7, 11) is -5.19. The smallest absolute Gasteiger partial charge is 0.378 e. The fourth-order valence-corrected chi connectivity index (χ4v) is 3.47. The van der Waals surface area contributed by atoms with Crippen molar-refractivity contribution in [2.24, 2.45) is 0 Å².